The Labute approximate surface area is 134 Å². The van der Waals surface area contributed by atoms with Gasteiger partial charge in [-0.3, -0.25) is 0 Å². The number of ether oxygens (including phenoxy) is 1. The lowest BCUT2D eigenvalue weighted by molar-refractivity contribution is 0.277. The highest BCUT2D eigenvalue weighted by atomic mass is 35.5. The Balaban J connectivity index is 0.000000545. The van der Waals surface area contributed by atoms with Crippen molar-refractivity contribution in [3.05, 3.63) is 53.3 Å². The molecule has 22 heavy (non-hydrogen) atoms. The van der Waals surface area contributed by atoms with Crippen molar-refractivity contribution in [2.45, 2.75) is 6.92 Å². The Kier molecular flexibility index (Phi) is 5.31. The topological polar surface area (TPSA) is 61.0 Å². The second kappa shape index (κ2) is 7.20. The van der Waals surface area contributed by atoms with Gasteiger partial charge in [-0.2, -0.15) is 0 Å². The first kappa shape index (κ1) is 16.2. The SMILES string of the molecule is COC.Cc1cccc(-c2cccc3c(N)ncnc23)c1Cl. The molecule has 0 aliphatic heterocycles. The molecule has 0 spiro atoms. The molecule has 1 aromatic heterocycles. The highest BCUT2D eigenvalue weighted by molar-refractivity contribution is 6.34. The number of aryl methyl sites for hydroxylation is 1. The van der Waals surface area contributed by atoms with Crippen LogP contribution in [0.1, 0.15) is 5.56 Å². The third kappa shape index (κ3) is 3.18. The largest absolute Gasteiger partial charge is 0.388 e. The molecule has 4 nitrogen and oxygen atoms in total. The van der Waals surface area contributed by atoms with Gasteiger partial charge in [0.1, 0.15) is 12.1 Å². The molecule has 0 atom stereocenters. The summed E-state index contributed by atoms with van der Waals surface area (Å²) in [7, 11) is 3.25. The van der Waals surface area contributed by atoms with Gasteiger partial charge < -0.3 is 10.5 Å². The second-order valence-electron chi connectivity index (χ2n) is 4.81. The molecule has 0 aliphatic rings. The van der Waals surface area contributed by atoms with Gasteiger partial charge in [-0.1, -0.05) is 41.9 Å². The zero-order chi connectivity index (χ0) is 16.1. The Morgan fingerprint density at radius 3 is 2.36 bits per heavy atom. The van der Waals surface area contributed by atoms with Crippen molar-refractivity contribution < 1.29 is 4.74 Å². The number of fused-ring (bicyclic) bond motifs is 1. The Morgan fingerprint density at radius 2 is 1.64 bits per heavy atom. The van der Waals surface area contributed by atoms with Crippen LogP contribution in [0, 0.1) is 6.92 Å². The normalized spacial score (nSPS) is 10.2. The molecule has 0 amide bonds. The number of para-hydroxylation sites is 1. The summed E-state index contributed by atoms with van der Waals surface area (Å²) < 4.78 is 4.25. The third-order valence-electron chi connectivity index (χ3n) is 3.18. The molecule has 0 unspecified atom stereocenters. The van der Waals surface area contributed by atoms with Crippen LogP contribution in [0.2, 0.25) is 5.02 Å². The van der Waals surface area contributed by atoms with E-state index >= 15 is 0 Å². The van der Waals surface area contributed by atoms with Gasteiger partial charge in [-0.25, -0.2) is 9.97 Å². The maximum absolute atomic E-state index is 6.39. The summed E-state index contributed by atoms with van der Waals surface area (Å²) >= 11 is 6.39. The third-order valence-corrected chi connectivity index (χ3v) is 3.68. The maximum atomic E-state index is 6.39. The van der Waals surface area contributed by atoms with Crippen LogP contribution in [-0.4, -0.2) is 24.2 Å². The highest BCUT2D eigenvalue weighted by Crippen LogP contribution is 2.34. The fourth-order valence-electron chi connectivity index (χ4n) is 2.18. The number of nitrogens with two attached hydrogens (primary N) is 1. The molecule has 2 N–H and O–H groups in total. The van der Waals surface area contributed by atoms with E-state index in [9.17, 15) is 0 Å². The van der Waals surface area contributed by atoms with Gasteiger partial charge in [0, 0.05) is 30.7 Å². The van der Waals surface area contributed by atoms with Crippen molar-refractivity contribution in [2.24, 2.45) is 0 Å². The van der Waals surface area contributed by atoms with Crippen molar-refractivity contribution in [1.82, 2.24) is 9.97 Å². The van der Waals surface area contributed by atoms with E-state index in [2.05, 4.69) is 14.7 Å². The summed E-state index contributed by atoms with van der Waals surface area (Å²) in [6, 6.07) is 11.8. The molecule has 5 heteroatoms. The van der Waals surface area contributed by atoms with E-state index in [4.69, 9.17) is 17.3 Å². The molecule has 0 saturated heterocycles. The Bertz CT molecular complexity index is 790. The van der Waals surface area contributed by atoms with Crippen LogP contribution < -0.4 is 5.73 Å². The highest BCUT2D eigenvalue weighted by Gasteiger charge is 2.11. The predicted molar refractivity (Wildman–Crippen MR) is 92.1 cm³/mol. The number of halogens is 1. The van der Waals surface area contributed by atoms with E-state index in [0.29, 0.717) is 5.82 Å². The smallest absolute Gasteiger partial charge is 0.134 e. The molecule has 3 rings (SSSR count). The zero-order valence-corrected chi connectivity index (χ0v) is 13.6. The minimum absolute atomic E-state index is 0.482. The van der Waals surface area contributed by atoms with Crippen LogP contribution in [0.25, 0.3) is 22.0 Å². The summed E-state index contributed by atoms with van der Waals surface area (Å²) in [6.07, 6.45) is 1.48. The fourth-order valence-corrected chi connectivity index (χ4v) is 2.41. The minimum atomic E-state index is 0.482. The van der Waals surface area contributed by atoms with Crippen LogP contribution in [0.4, 0.5) is 5.82 Å². The molecule has 1 heterocycles. The average Bonchev–Trinajstić information content (AvgIpc) is 2.51. The number of hydrogen-bond donors (Lipinski definition) is 1. The first-order valence-electron chi connectivity index (χ1n) is 6.75. The van der Waals surface area contributed by atoms with Crippen molar-refractivity contribution in [2.75, 3.05) is 20.0 Å². The number of nitrogens with zero attached hydrogens (tertiary/aromatic N) is 2. The van der Waals surface area contributed by atoms with E-state index in [-0.39, 0.29) is 0 Å². The quantitative estimate of drug-likeness (QED) is 0.734. The summed E-state index contributed by atoms with van der Waals surface area (Å²) in [4.78, 5) is 8.36. The monoisotopic (exact) mass is 315 g/mol. The van der Waals surface area contributed by atoms with Crippen LogP contribution in [-0.2, 0) is 4.74 Å². The van der Waals surface area contributed by atoms with Gasteiger partial charge in [0.2, 0.25) is 0 Å². The van der Waals surface area contributed by atoms with Crippen LogP contribution in [0.3, 0.4) is 0 Å². The van der Waals surface area contributed by atoms with Crippen molar-refractivity contribution in [3.63, 3.8) is 0 Å². The van der Waals surface area contributed by atoms with Crippen molar-refractivity contribution in [1.29, 1.82) is 0 Å². The van der Waals surface area contributed by atoms with Crippen LogP contribution >= 0.6 is 11.6 Å². The van der Waals surface area contributed by atoms with E-state index in [1.54, 1.807) is 14.2 Å². The van der Waals surface area contributed by atoms with Crippen LogP contribution in [0.5, 0.6) is 0 Å². The first-order valence-corrected chi connectivity index (χ1v) is 7.12. The molecule has 2 aromatic carbocycles. The molecular formula is C17H18ClN3O. The number of hydrogen-bond acceptors (Lipinski definition) is 4. The molecular weight excluding hydrogens is 298 g/mol. The lowest BCUT2D eigenvalue weighted by Gasteiger charge is -2.10. The lowest BCUT2D eigenvalue weighted by Crippen LogP contribution is -1.94. The number of rotatable bonds is 1. The van der Waals surface area contributed by atoms with Crippen molar-refractivity contribution >= 4 is 28.3 Å². The van der Waals surface area contributed by atoms with Gasteiger partial charge >= 0.3 is 0 Å². The summed E-state index contributed by atoms with van der Waals surface area (Å²) in [5.41, 5.74) is 9.68. The Hall–Kier alpha value is -2.17. The van der Waals surface area contributed by atoms with Gasteiger partial charge in [0.25, 0.3) is 0 Å². The summed E-state index contributed by atoms with van der Waals surface area (Å²) in [5.74, 6) is 0.482. The Morgan fingerprint density at radius 1 is 1.00 bits per heavy atom. The first-order chi connectivity index (χ1) is 10.6. The standard InChI is InChI=1S/C15H12ClN3.C2H6O/c1-9-4-2-5-10(13(9)16)11-6-3-7-12-14(11)18-8-19-15(12)17;1-3-2/h2-8H,1H3,(H2,17,18,19);1-2H3. The molecule has 0 aliphatic carbocycles. The van der Waals surface area contributed by atoms with E-state index in [1.807, 2.05) is 43.3 Å². The van der Waals surface area contributed by atoms with Crippen molar-refractivity contribution in [3.8, 4) is 11.1 Å². The maximum Gasteiger partial charge on any atom is 0.134 e. The van der Waals surface area contributed by atoms with Gasteiger partial charge in [-0.15, -0.1) is 0 Å². The molecule has 114 valence electrons. The summed E-state index contributed by atoms with van der Waals surface area (Å²) in [5, 5.41) is 1.59. The van der Waals surface area contributed by atoms with Gasteiger partial charge in [-0.05, 0) is 18.6 Å². The minimum Gasteiger partial charge on any atom is -0.388 e. The number of anilines is 1. The second-order valence-corrected chi connectivity index (χ2v) is 5.18. The lowest BCUT2D eigenvalue weighted by atomic mass is 10.0. The molecule has 0 radical (unpaired) electrons. The fraction of sp³-hybridized carbons (Fsp3) is 0.176. The van der Waals surface area contributed by atoms with E-state index in [1.165, 1.54) is 6.33 Å². The molecule has 0 bridgehead atoms. The van der Waals surface area contributed by atoms with Crippen LogP contribution in [0.15, 0.2) is 42.7 Å². The molecule has 0 fully saturated rings. The number of aromatic nitrogens is 2. The average molecular weight is 316 g/mol. The van der Waals surface area contributed by atoms with E-state index in [0.717, 1.165) is 32.6 Å². The number of nitrogen functional groups attached to an aromatic ring is 1. The molecule has 3 aromatic rings. The summed E-state index contributed by atoms with van der Waals surface area (Å²) in [6.45, 7) is 1.99. The number of benzene rings is 2. The number of methoxy groups -OCH3 is 1. The van der Waals surface area contributed by atoms with E-state index < -0.39 is 0 Å². The van der Waals surface area contributed by atoms with Gasteiger partial charge in [0.15, 0.2) is 0 Å². The van der Waals surface area contributed by atoms with Gasteiger partial charge in [0.05, 0.1) is 10.5 Å². The predicted octanol–water partition coefficient (Wildman–Crippen LogP) is 4.10. The zero-order valence-electron chi connectivity index (χ0n) is 12.8. The molecule has 0 saturated carbocycles.